The molecule has 0 fully saturated rings. The number of aryl methyl sites for hydroxylation is 1. The number of benzene rings is 12. The standard InChI is InChI=1S/C75H56N2/c1-6-18-54(19-7-1)30-49-69(61-20-8-2-9-21-61)63-41-39-57(40-42-63)55-31-35-59(36-32-55)64-45-50-74-71(52-64)72-53-65(46-51-75(72)77(74)73-29-17-16-28-70(73)62-22-10-3-11-23-62)60-37-33-56(34-38-60)58-43-47-68(48-44-58)76(66-24-12-4-13-25-66)67-26-14-5-15-27-67/h1-29,31-48,50-53,69H,30,49H2. The highest BCUT2D eigenvalue weighted by Crippen LogP contribution is 2.41. The van der Waals surface area contributed by atoms with Crippen LogP contribution in [-0.2, 0) is 6.42 Å². The number of hydrogen-bond acceptors (Lipinski definition) is 1. The maximum absolute atomic E-state index is 2.46. The zero-order valence-electron chi connectivity index (χ0n) is 42.8. The van der Waals surface area contributed by atoms with Crippen LogP contribution in [-0.4, -0.2) is 4.57 Å². The first-order valence-electron chi connectivity index (χ1n) is 26.8. The van der Waals surface area contributed by atoms with Crippen LogP contribution >= 0.6 is 0 Å². The van der Waals surface area contributed by atoms with Gasteiger partial charge in [-0.25, -0.2) is 0 Å². The molecular weight excluding hydrogens is 929 g/mol. The number of hydrogen-bond donors (Lipinski definition) is 0. The quantitative estimate of drug-likeness (QED) is 0.105. The van der Waals surface area contributed by atoms with Crippen LogP contribution in [0.2, 0.25) is 0 Å². The predicted molar refractivity (Wildman–Crippen MR) is 326 cm³/mol. The highest BCUT2D eigenvalue weighted by atomic mass is 15.1. The summed E-state index contributed by atoms with van der Waals surface area (Å²) >= 11 is 0. The minimum Gasteiger partial charge on any atom is -0.311 e. The molecule has 0 N–H and O–H groups in total. The van der Waals surface area contributed by atoms with Gasteiger partial charge in [0.1, 0.15) is 0 Å². The molecule has 0 spiro atoms. The van der Waals surface area contributed by atoms with E-state index in [1.165, 1.54) is 94.1 Å². The van der Waals surface area contributed by atoms with E-state index in [-0.39, 0.29) is 0 Å². The van der Waals surface area contributed by atoms with Crippen LogP contribution in [0.4, 0.5) is 17.1 Å². The SMILES string of the molecule is c1ccc(CCC(c2ccccc2)c2ccc(-c3ccc(-c4ccc5c(c4)c4cc(-c6ccc(-c7ccc(N(c8ccccc8)c8ccccc8)cc7)cc6)ccc4n5-c4ccccc4-c4ccccc4)cc3)cc2)cc1. The average molecular weight is 985 g/mol. The Kier molecular flexibility index (Phi) is 13.0. The fourth-order valence-electron chi connectivity index (χ4n) is 11.4. The Morgan fingerprint density at radius 1 is 0.286 bits per heavy atom. The fourth-order valence-corrected chi connectivity index (χ4v) is 11.4. The van der Waals surface area contributed by atoms with Crippen molar-refractivity contribution in [2.24, 2.45) is 0 Å². The van der Waals surface area contributed by atoms with Gasteiger partial charge in [-0.3, -0.25) is 0 Å². The zero-order chi connectivity index (χ0) is 51.3. The normalized spacial score (nSPS) is 11.7. The summed E-state index contributed by atoms with van der Waals surface area (Å²) in [5.74, 6) is 0.324. The third-order valence-electron chi connectivity index (χ3n) is 15.3. The van der Waals surface area contributed by atoms with Gasteiger partial charge >= 0.3 is 0 Å². The molecule has 2 nitrogen and oxygen atoms in total. The Morgan fingerprint density at radius 3 is 1.16 bits per heavy atom. The zero-order valence-corrected chi connectivity index (χ0v) is 42.8. The van der Waals surface area contributed by atoms with Crippen molar-refractivity contribution in [2.45, 2.75) is 18.8 Å². The number of nitrogens with zero attached hydrogens (tertiary/aromatic N) is 2. The van der Waals surface area contributed by atoms with Gasteiger partial charge in [0, 0.05) is 39.3 Å². The smallest absolute Gasteiger partial charge is 0.0541 e. The first-order chi connectivity index (χ1) is 38.2. The minimum absolute atomic E-state index is 0.324. The molecule has 1 unspecified atom stereocenters. The molecule has 13 aromatic rings. The van der Waals surface area contributed by atoms with E-state index in [9.17, 15) is 0 Å². The van der Waals surface area contributed by atoms with E-state index in [2.05, 4.69) is 319 Å². The van der Waals surface area contributed by atoms with Gasteiger partial charge in [0.15, 0.2) is 0 Å². The van der Waals surface area contributed by atoms with Crippen molar-refractivity contribution in [2.75, 3.05) is 4.90 Å². The summed E-state index contributed by atoms with van der Waals surface area (Å²) in [6.07, 6.45) is 2.09. The van der Waals surface area contributed by atoms with Gasteiger partial charge in [-0.05, 0) is 146 Å². The first-order valence-corrected chi connectivity index (χ1v) is 26.8. The first kappa shape index (κ1) is 47.0. The molecule has 12 aromatic carbocycles. The number of rotatable bonds is 14. The van der Waals surface area contributed by atoms with E-state index in [1.807, 2.05) is 0 Å². The van der Waals surface area contributed by atoms with Crippen molar-refractivity contribution in [3.63, 3.8) is 0 Å². The maximum Gasteiger partial charge on any atom is 0.0541 e. The van der Waals surface area contributed by atoms with Crippen LogP contribution in [0.3, 0.4) is 0 Å². The van der Waals surface area contributed by atoms with Gasteiger partial charge in [0.2, 0.25) is 0 Å². The molecule has 1 atom stereocenters. The summed E-state index contributed by atoms with van der Waals surface area (Å²) in [6, 6.07) is 113. The van der Waals surface area contributed by atoms with Crippen molar-refractivity contribution in [1.82, 2.24) is 4.57 Å². The highest BCUT2D eigenvalue weighted by molar-refractivity contribution is 6.12. The topological polar surface area (TPSA) is 8.17 Å². The lowest BCUT2D eigenvalue weighted by Crippen LogP contribution is -2.09. The van der Waals surface area contributed by atoms with Crippen molar-refractivity contribution in [3.8, 4) is 61.3 Å². The summed E-state index contributed by atoms with van der Waals surface area (Å²) in [6.45, 7) is 0. The van der Waals surface area contributed by atoms with Crippen molar-refractivity contribution in [3.05, 3.63) is 326 Å². The minimum atomic E-state index is 0.324. The maximum atomic E-state index is 2.46. The summed E-state index contributed by atoms with van der Waals surface area (Å²) in [5, 5.41) is 2.44. The van der Waals surface area contributed by atoms with Gasteiger partial charge < -0.3 is 9.47 Å². The Bertz CT molecular complexity index is 4040. The molecule has 0 saturated heterocycles. The van der Waals surface area contributed by atoms with E-state index < -0.39 is 0 Å². The molecule has 2 heteroatoms. The second kappa shape index (κ2) is 21.2. The molecule has 77 heavy (non-hydrogen) atoms. The Labute approximate surface area is 452 Å². The monoisotopic (exact) mass is 984 g/mol. The molecule has 13 rings (SSSR count). The lowest BCUT2D eigenvalue weighted by atomic mass is 9.85. The van der Waals surface area contributed by atoms with Gasteiger partial charge in [-0.2, -0.15) is 0 Å². The lowest BCUT2D eigenvalue weighted by Gasteiger charge is -2.25. The molecule has 0 radical (unpaired) electrons. The van der Waals surface area contributed by atoms with Crippen LogP contribution in [0, 0.1) is 0 Å². The van der Waals surface area contributed by atoms with Crippen LogP contribution in [0.25, 0.3) is 83.1 Å². The van der Waals surface area contributed by atoms with E-state index in [0.717, 1.165) is 35.6 Å². The van der Waals surface area contributed by atoms with E-state index in [0.29, 0.717) is 5.92 Å². The number of anilines is 3. The van der Waals surface area contributed by atoms with Crippen molar-refractivity contribution >= 4 is 38.9 Å². The third kappa shape index (κ3) is 9.66. The second-order valence-electron chi connectivity index (χ2n) is 20.0. The number of aromatic nitrogens is 1. The number of fused-ring (bicyclic) bond motifs is 3. The molecule has 1 heterocycles. The van der Waals surface area contributed by atoms with Crippen molar-refractivity contribution < 1.29 is 0 Å². The molecule has 1 aromatic heterocycles. The number of para-hydroxylation sites is 3. The Balaban J connectivity index is 0.823. The molecule has 0 bridgehead atoms. The van der Waals surface area contributed by atoms with Crippen LogP contribution in [0.5, 0.6) is 0 Å². The summed E-state index contributed by atoms with van der Waals surface area (Å²) in [7, 11) is 0. The second-order valence-corrected chi connectivity index (χ2v) is 20.0. The van der Waals surface area contributed by atoms with Gasteiger partial charge in [-0.1, -0.05) is 243 Å². The van der Waals surface area contributed by atoms with Gasteiger partial charge in [0.05, 0.1) is 16.7 Å². The molecule has 0 aliphatic carbocycles. The molecular formula is C75H56N2. The summed E-state index contributed by atoms with van der Waals surface area (Å²) < 4.78 is 2.46. The van der Waals surface area contributed by atoms with E-state index >= 15 is 0 Å². The summed E-state index contributed by atoms with van der Waals surface area (Å²) in [5.41, 5.74) is 22.9. The van der Waals surface area contributed by atoms with Crippen LogP contribution in [0.15, 0.2) is 309 Å². The van der Waals surface area contributed by atoms with Crippen LogP contribution in [0.1, 0.15) is 29.0 Å². The van der Waals surface area contributed by atoms with E-state index in [4.69, 9.17) is 0 Å². The fraction of sp³-hybridized carbons (Fsp3) is 0.0400. The molecule has 366 valence electrons. The van der Waals surface area contributed by atoms with E-state index in [1.54, 1.807) is 0 Å². The average Bonchev–Trinajstić information content (AvgIpc) is 3.95. The molecule has 0 aliphatic heterocycles. The summed E-state index contributed by atoms with van der Waals surface area (Å²) in [4.78, 5) is 2.30. The van der Waals surface area contributed by atoms with Gasteiger partial charge in [-0.15, -0.1) is 0 Å². The highest BCUT2D eigenvalue weighted by Gasteiger charge is 2.19. The predicted octanol–water partition coefficient (Wildman–Crippen LogP) is 20.4. The van der Waals surface area contributed by atoms with Gasteiger partial charge in [0.25, 0.3) is 0 Å². The third-order valence-corrected chi connectivity index (χ3v) is 15.3. The molecule has 0 aliphatic rings. The van der Waals surface area contributed by atoms with Crippen molar-refractivity contribution in [1.29, 1.82) is 0 Å². The van der Waals surface area contributed by atoms with Crippen LogP contribution < -0.4 is 4.90 Å². The largest absolute Gasteiger partial charge is 0.311 e. The molecule has 0 saturated carbocycles. The Hall–Kier alpha value is -9.76. The lowest BCUT2D eigenvalue weighted by molar-refractivity contribution is 0.715. The Morgan fingerprint density at radius 2 is 0.649 bits per heavy atom. The molecule has 0 amide bonds.